The van der Waals surface area contributed by atoms with Gasteiger partial charge in [-0.15, -0.1) is 0 Å². The van der Waals surface area contributed by atoms with Crippen molar-refractivity contribution >= 4 is 32.7 Å². The summed E-state index contributed by atoms with van der Waals surface area (Å²) in [6.07, 6.45) is 1.99. The van der Waals surface area contributed by atoms with Gasteiger partial charge in [-0.25, -0.2) is 0 Å². The third-order valence-corrected chi connectivity index (χ3v) is 5.21. The number of fused-ring (bicyclic) bond motifs is 1. The van der Waals surface area contributed by atoms with E-state index >= 15 is 0 Å². The number of pyridine rings is 1. The van der Waals surface area contributed by atoms with E-state index in [1.807, 2.05) is 30.0 Å². The van der Waals surface area contributed by atoms with Crippen molar-refractivity contribution in [2.24, 2.45) is 11.7 Å². The minimum absolute atomic E-state index is 0.0654. The molecule has 1 aliphatic rings. The molecular weight excluding hydrogens is 358 g/mol. The highest BCUT2D eigenvalue weighted by molar-refractivity contribution is 9.10. The van der Waals surface area contributed by atoms with Crippen molar-refractivity contribution < 1.29 is 4.79 Å². The highest BCUT2D eigenvalue weighted by Crippen LogP contribution is 2.26. The molecule has 5 nitrogen and oxygen atoms in total. The molecule has 2 atom stereocenters. The Morgan fingerprint density at radius 3 is 3.00 bits per heavy atom. The van der Waals surface area contributed by atoms with E-state index in [4.69, 9.17) is 5.73 Å². The van der Waals surface area contributed by atoms with Crippen LogP contribution in [0.3, 0.4) is 0 Å². The van der Waals surface area contributed by atoms with Crippen LogP contribution in [-0.4, -0.2) is 34.9 Å². The number of likely N-dealkylation sites (tertiary alicyclic amines) is 1. The SMILES string of the molecule is C[C@H](N)[C@@H]1CCCN(C(=O)c2cc(=O)[nH]c3c(Br)cccc23)C1. The second-order valence-corrected chi connectivity index (χ2v) is 7.08. The van der Waals surface area contributed by atoms with E-state index in [1.165, 1.54) is 6.07 Å². The van der Waals surface area contributed by atoms with Crippen molar-refractivity contribution in [2.45, 2.75) is 25.8 Å². The van der Waals surface area contributed by atoms with Gasteiger partial charge >= 0.3 is 0 Å². The van der Waals surface area contributed by atoms with Crippen LogP contribution in [0.1, 0.15) is 30.1 Å². The summed E-state index contributed by atoms with van der Waals surface area (Å²) in [7, 11) is 0. The van der Waals surface area contributed by atoms with Gasteiger partial charge in [-0.2, -0.15) is 0 Å². The molecule has 1 aromatic heterocycles. The number of benzene rings is 1. The van der Waals surface area contributed by atoms with Crippen LogP contribution in [0.15, 0.2) is 33.5 Å². The monoisotopic (exact) mass is 377 g/mol. The topological polar surface area (TPSA) is 79.2 Å². The molecule has 1 saturated heterocycles. The number of para-hydroxylation sites is 1. The van der Waals surface area contributed by atoms with Gasteiger partial charge in [-0.3, -0.25) is 9.59 Å². The first-order valence-corrected chi connectivity index (χ1v) is 8.63. The van der Waals surface area contributed by atoms with Crippen LogP contribution in [0.5, 0.6) is 0 Å². The zero-order valence-electron chi connectivity index (χ0n) is 13.0. The average Bonchev–Trinajstić information content (AvgIpc) is 2.54. The Balaban J connectivity index is 2.01. The number of hydrogen-bond donors (Lipinski definition) is 2. The Morgan fingerprint density at radius 2 is 2.26 bits per heavy atom. The normalized spacial score (nSPS) is 19.8. The lowest BCUT2D eigenvalue weighted by Crippen LogP contribution is -2.45. The third kappa shape index (κ3) is 3.19. The molecule has 1 amide bonds. The zero-order chi connectivity index (χ0) is 16.6. The highest BCUT2D eigenvalue weighted by Gasteiger charge is 2.27. The first kappa shape index (κ1) is 16.2. The molecule has 0 saturated carbocycles. The summed E-state index contributed by atoms with van der Waals surface area (Å²) in [6, 6.07) is 7.03. The highest BCUT2D eigenvalue weighted by atomic mass is 79.9. The number of carbonyl (C=O) groups is 1. The third-order valence-electron chi connectivity index (χ3n) is 4.55. The molecule has 2 aromatic rings. The lowest BCUT2D eigenvalue weighted by atomic mass is 9.91. The number of hydrogen-bond acceptors (Lipinski definition) is 3. The summed E-state index contributed by atoms with van der Waals surface area (Å²) in [5.74, 6) is 0.220. The number of nitrogens with one attached hydrogen (secondary N) is 1. The molecule has 3 rings (SSSR count). The van der Waals surface area contributed by atoms with E-state index in [-0.39, 0.29) is 17.5 Å². The Morgan fingerprint density at radius 1 is 1.48 bits per heavy atom. The van der Waals surface area contributed by atoms with Crippen LogP contribution in [0.25, 0.3) is 10.9 Å². The molecule has 0 radical (unpaired) electrons. The summed E-state index contributed by atoms with van der Waals surface area (Å²) in [4.78, 5) is 29.5. The number of H-pyrrole nitrogens is 1. The Labute approximate surface area is 143 Å². The molecule has 1 fully saturated rings. The van der Waals surface area contributed by atoms with Crippen molar-refractivity contribution in [3.63, 3.8) is 0 Å². The second-order valence-electron chi connectivity index (χ2n) is 6.22. The minimum Gasteiger partial charge on any atom is -0.338 e. The van der Waals surface area contributed by atoms with Crippen LogP contribution >= 0.6 is 15.9 Å². The molecule has 6 heteroatoms. The maximum atomic E-state index is 13.0. The number of nitrogens with two attached hydrogens (primary N) is 1. The second kappa shape index (κ2) is 6.45. The molecule has 2 heterocycles. The number of halogens is 1. The molecule has 23 heavy (non-hydrogen) atoms. The molecule has 122 valence electrons. The summed E-state index contributed by atoms with van der Waals surface area (Å²) in [5.41, 5.74) is 6.84. The Kier molecular flexibility index (Phi) is 4.55. The summed E-state index contributed by atoms with van der Waals surface area (Å²) in [6.45, 7) is 3.35. The number of nitrogens with zero attached hydrogens (tertiary/aromatic N) is 1. The lowest BCUT2D eigenvalue weighted by Gasteiger charge is -2.34. The van der Waals surface area contributed by atoms with Crippen molar-refractivity contribution in [3.8, 4) is 0 Å². The largest absolute Gasteiger partial charge is 0.338 e. The van der Waals surface area contributed by atoms with Gasteiger partial charge in [-0.05, 0) is 47.7 Å². The maximum absolute atomic E-state index is 13.0. The van der Waals surface area contributed by atoms with Crippen LogP contribution in [-0.2, 0) is 0 Å². The fraction of sp³-hybridized carbons (Fsp3) is 0.412. The van der Waals surface area contributed by atoms with E-state index in [9.17, 15) is 9.59 Å². The van der Waals surface area contributed by atoms with Gasteiger partial charge in [0.05, 0.1) is 11.1 Å². The van der Waals surface area contributed by atoms with Crippen LogP contribution < -0.4 is 11.3 Å². The van der Waals surface area contributed by atoms with Gasteiger partial charge < -0.3 is 15.6 Å². The van der Waals surface area contributed by atoms with E-state index in [2.05, 4.69) is 20.9 Å². The molecule has 0 aliphatic carbocycles. The van der Waals surface area contributed by atoms with Gasteiger partial charge in [0.2, 0.25) is 5.56 Å². The number of rotatable bonds is 2. The van der Waals surface area contributed by atoms with Gasteiger partial charge in [0.25, 0.3) is 5.91 Å². The fourth-order valence-corrected chi connectivity index (χ4v) is 3.68. The Hall–Kier alpha value is -1.66. The van der Waals surface area contributed by atoms with Gasteiger partial charge in [0.15, 0.2) is 0 Å². The van der Waals surface area contributed by atoms with E-state index in [0.717, 1.165) is 22.7 Å². The Bertz CT molecular complexity index is 800. The number of piperidine rings is 1. The predicted molar refractivity (Wildman–Crippen MR) is 94.5 cm³/mol. The molecule has 3 N–H and O–H groups in total. The number of carbonyl (C=O) groups excluding carboxylic acids is 1. The molecular formula is C17H20BrN3O2. The number of aromatic nitrogens is 1. The predicted octanol–water partition coefficient (Wildman–Crippen LogP) is 2.49. The van der Waals surface area contributed by atoms with Gasteiger partial charge in [0.1, 0.15) is 0 Å². The van der Waals surface area contributed by atoms with E-state index in [0.29, 0.717) is 30.1 Å². The minimum atomic E-state index is -0.270. The number of amides is 1. The standard InChI is InChI=1S/C17H20BrN3O2/c1-10(19)11-4-3-7-21(9-11)17(23)13-8-15(22)20-16-12(13)5-2-6-14(16)18/h2,5-6,8,10-11H,3-4,7,9,19H2,1H3,(H,20,22)/t10-,11+/m0/s1. The zero-order valence-corrected chi connectivity index (χ0v) is 14.6. The van der Waals surface area contributed by atoms with Gasteiger partial charge in [0, 0.05) is 35.1 Å². The quantitative estimate of drug-likeness (QED) is 0.843. The van der Waals surface area contributed by atoms with Crippen molar-refractivity contribution in [2.75, 3.05) is 13.1 Å². The number of aromatic amines is 1. The summed E-state index contributed by atoms with van der Waals surface area (Å²) in [5, 5.41) is 0.756. The van der Waals surface area contributed by atoms with Crippen molar-refractivity contribution in [1.29, 1.82) is 0 Å². The van der Waals surface area contributed by atoms with Crippen molar-refractivity contribution in [3.05, 3.63) is 44.7 Å². The van der Waals surface area contributed by atoms with E-state index in [1.54, 1.807) is 0 Å². The first-order valence-electron chi connectivity index (χ1n) is 7.84. The molecule has 0 unspecified atom stereocenters. The molecule has 1 aliphatic heterocycles. The maximum Gasteiger partial charge on any atom is 0.254 e. The summed E-state index contributed by atoms with van der Waals surface area (Å²) < 4.78 is 0.772. The van der Waals surface area contributed by atoms with Crippen LogP contribution in [0, 0.1) is 5.92 Å². The van der Waals surface area contributed by atoms with E-state index < -0.39 is 0 Å². The average molecular weight is 378 g/mol. The smallest absolute Gasteiger partial charge is 0.254 e. The van der Waals surface area contributed by atoms with Crippen LogP contribution in [0.4, 0.5) is 0 Å². The first-order chi connectivity index (χ1) is 11.0. The molecule has 1 aromatic carbocycles. The summed E-state index contributed by atoms with van der Waals surface area (Å²) >= 11 is 3.43. The van der Waals surface area contributed by atoms with Crippen molar-refractivity contribution in [1.82, 2.24) is 9.88 Å². The molecule has 0 bridgehead atoms. The fourth-order valence-electron chi connectivity index (χ4n) is 3.21. The lowest BCUT2D eigenvalue weighted by molar-refractivity contribution is 0.0663. The van der Waals surface area contributed by atoms with Crippen LogP contribution in [0.2, 0.25) is 0 Å². The van der Waals surface area contributed by atoms with Gasteiger partial charge in [-0.1, -0.05) is 12.1 Å². The molecule has 0 spiro atoms.